The Bertz CT molecular complexity index is 512. The molecule has 0 aliphatic heterocycles. The molecule has 0 saturated carbocycles. The van der Waals surface area contributed by atoms with Gasteiger partial charge in [0.15, 0.2) is 0 Å². The van der Waals surface area contributed by atoms with Gasteiger partial charge in [0.2, 0.25) is 0 Å². The summed E-state index contributed by atoms with van der Waals surface area (Å²) < 4.78 is 0. The number of anilines is 1. The molecule has 0 atom stereocenters. The molecule has 0 saturated heterocycles. The van der Waals surface area contributed by atoms with Gasteiger partial charge in [-0.3, -0.25) is 14.9 Å². The fraction of sp³-hybridized carbons (Fsp3) is 0.500. The molecule has 0 spiro atoms. The summed E-state index contributed by atoms with van der Waals surface area (Å²) in [6.07, 6.45) is 0. The van der Waals surface area contributed by atoms with Crippen LogP contribution in [0.1, 0.15) is 38.1 Å². The maximum absolute atomic E-state index is 12.6. The highest BCUT2D eigenvalue weighted by Gasteiger charge is 2.26. The fourth-order valence-corrected chi connectivity index (χ4v) is 1.96. The number of amides is 1. The Morgan fingerprint density at radius 3 is 2.40 bits per heavy atom. The molecule has 20 heavy (non-hydrogen) atoms. The molecule has 0 aliphatic rings. The number of rotatable bonds is 5. The Labute approximate surface area is 118 Å². The van der Waals surface area contributed by atoms with Crippen LogP contribution in [0.25, 0.3) is 0 Å². The summed E-state index contributed by atoms with van der Waals surface area (Å²) in [5, 5.41) is 11.0. The van der Waals surface area contributed by atoms with E-state index in [1.165, 1.54) is 18.2 Å². The molecular formula is C14H21N3O3. The molecule has 1 aromatic rings. The number of nitro groups is 1. The number of carbonyl (C=O) groups is 1. The number of benzene rings is 1. The van der Waals surface area contributed by atoms with Gasteiger partial charge >= 0.3 is 0 Å². The van der Waals surface area contributed by atoms with Gasteiger partial charge < -0.3 is 10.6 Å². The van der Waals surface area contributed by atoms with E-state index in [4.69, 9.17) is 5.73 Å². The van der Waals surface area contributed by atoms with Crippen LogP contribution in [0.15, 0.2) is 18.2 Å². The number of hydrogen-bond donors (Lipinski definition) is 1. The zero-order chi connectivity index (χ0) is 15.4. The van der Waals surface area contributed by atoms with Gasteiger partial charge in [-0.05, 0) is 31.9 Å². The minimum absolute atomic E-state index is 0.0362. The third kappa shape index (κ3) is 3.69. The van der Waals surface area contributed by atoms with Gasteiger partial charge in [-0.2, -0.15) is 0 Å². The Kier molecular flexibility index (Phi) is 5.07. The Morgan fingerprint density at radius 2 is 1.95 bits per heavy atom. The number of hydrogen-bond acceptors (Lipinski definition) is 4. The molecule has 0 fully saturated rings. The van der Waals surface area contributed by atoms with E-state index in [-0.39, 0.29) is 29.1 Å². The first kappa shape index (κ1) is 15.9. The van der Waals surface area contributed by atoms with Crippen molar-refractivity contribution in [3.63, 3.8) is 0 Å². The Hall–Kier alpha value is -2.11. The van der Waals surface area contributed by atoms with Crippen LogP contribution in [0.4, 0.5) is 11.4 Å². The Morgan fingerprint density at radius 1 is 1.35 bits per heavy atom. The standard InChI is InChI=1S/C14H21N3O3/c1-9(2)8-16(10(3)4)14(18)12-7-11(15)5-6-13(12)17(19)20/h5-7,9-10H,8,15H2,1-4H3. The van der Waals surface area contributed by atoms with E-state index in [0.717, 1.165) is 0 Å². The molecule has 0 heterocycles. The van der Waals surface area contributed by atoms with Crippen molar-refractivity contribution in [1.29, 1.82) is 0 Å². The lowest BCUT2D eigenvalue weighted by Gasteiger charge is -2.28. The fourth-order valence-electron chi connectivity index (χ4n) is 1.96. The molecule has 1 rings (SSSR count). The number of nitro benzene ring substituents is 1. The van der Waals surface area contributed by atoms with E-state index in [0.29, 0.717) is 12.2 Å². The van der Waals surface area contributed by atoms with E-state index in [2.05, 4.69) is 0 Å². The Balaban J connectivity index is 3.23. The van der Waals surface area contributed by atoms with Gasteiger partial charge in [0, 0.05) is 24.3 Å². The quantitative estimate of drug-likeness (QED) is 0.509. The van der Waals surface area contributed by atoms with Gasteiger partial charge in [0.25, 0.3) is 11.6 Å². The zero-order valence-electron chi connectivity index (χ0n) is 12.3. The first-order valence-electron chi connectivity index (χ1n) is 6.59. The lowest BCUT2D eigenvalue weighted by atomic mass is 10.1. The summed E-state index contributed by atoms with van der Waals surface area (Å²) in [4.78, 5) is 24.7. The van der Waals surface area contributed by atoms with Crippen molar-refractivity contribution >= 4 is 17.3 Å². The third-order valence-corrected chi connectivity index (χ3v) is 2.89. The second-order valence-corrected chi connectivity index (χ2v) is 5.48. The van der Waals surface area contributed by atoms with Crippen molar-refractivity contribution in [2.45, 2.75) is 33.7 Å². The smallest absolute Gasteiger partial charge is 0.282 e. The SMILES string of the molecule is CC(C)CN(C(=O)c1cc(N)ccc1[N+](=O)[O-])C(C)C. The molecule has 1 amide bonds. The highest BCUT2D eigenvalue weighted by Crippen LogP contribution is 2.24. The lowest BCUT2D eigenvalue weighted by molar-refractivity contribution is -0.385. The number of nitrogens with zero attached hydrogens (tertiary/aromatic N) is 2. The summed E-state index contributed by atoms with van der Waals surface area (Å²) in [6.45, 7) is 8.31. The van der Waals surface area contributed by atoms with E-state index >= 15 is 0 Å². The van der Waals surface area contributed by atoms with E-state index in [1.807, 2.05) is 27.7 Å². The van der Waals surface area contributed by atoms with Gasteiger partial charge in [0.05, 0.1) is 4.92 Å². The zero-order valence-corrected chi connectivity index (χ0v) is 12.3. The molecule has 0 bridgehead atoms. The molecule has 0 aromatic heterocycles. The maximum atomic E-state index is 12.6. The van der Waals surface area contributed by atoms with Gasteiger partial charge in [-0.25, -0.2) is 0 Å². The van der Waals surface area contributed by atoms with Crippen LogP contribution in [0, 0.1) is 16.0 Å². The molecule has 2 N–H and O–H groups in total. The van der Waals surface area contributed by atoms with Gasteiger partial charge in [-0.15, -0.1) is 0 Å². The maximum Gasteiger partial charge on any atom is 0.282 e. The van der Waals surface area contributed by atoms with Crippen LogP contribution in [-0.2, 0) is 0 Å². The van der Waals surface area contributed by atoms with Crippen molar-refractivity contribution in [2.24, 2.45) is 5.92 Å². The second kappa shape index (κ2) is 6.36. The van der Waals surface area contributed by atoms with E-state index in [1.54, 1.807) is 4.90 Å². The predicted octanol–water partition coefficient (Wildman–Crippen LogP) is 2.68. The topological polar surface area (TPSA) is 89.5 Å². The van der Waals surface area contributed by atoms with Crippen LogP contribution in [0.2, 0.25) is 0 Å². The molecular weight excluding hydrogens is 258 g/mol. The van der Waals surface area contributed by atoms with Crippen LogP contribution in [0.5, 0.6) is 0 Å². The summed E-state index contributed by atoms with van der Waals surface area (Å²) >= 11 is 0. The summed E-state index contributed by atoms with van der Waals surface area (Å²) in [5.74, 6) is -0.0748. The van der Waals surface area contributed by atoms with E-state index < -0.39 is 4.92 Å². The first-order valence-corrected chi connectivity index (χ1v) is 6.59. The van der Waals surface area contributed by atoms with Crippen LogP contribution in [-0.4, -0.2) is 28.3 Å². The largest absolute Gasteiger partial charge is 0.399 e. The van der Waals surface area contributed by atoms with Crippen LogP contribution < -0.4 is 5.73 Å². The average Bonchev–Trinajstić information content (AvgIpc) is 2.34. The predicted molar refractivity (Wildman–Crippen MR) is 78.5 cm³/mol. The highest BCUT2D eigenvalue weighted by atomic mass is 16.6. The monoisotopic (exact) mass is 279 g/mol. The van der Waals surface area contributed by atoms with Gasteiger partial charge in [-0.1, -0.05) is 13.8 Å². The normalized spacial score (nSPS) is 10.9. The number of nitrogen functional groups attached to an aromatic ring is 1. The van der Waals surface area contributed by atoms with Crippen LogP contribution in [0.3, 0.4) is 0 Å². The van der Waals surface area contributed by atoms with Crippen molar-refractivity contribution in [3.05, 3.63) is 33.9 Å². The third-order valence-electron chi connectivity index (χ3n) is 2.89. The molecule has 6 heteroatoms. The molecule has 6 nitrogen and oxygen atoms in total. The minimum Gasteiger partial charge on any atom is -0.399 e. The van der Waals surface area contributed by atoms with Crippen LogP contribution >= 0.6 is 0 Å². The van der Waals surface area contributed by atoms with Crippen molar-refractivity contribution in [1.82, 2.24) is 4.90 Å². The minimum atomic E-state index is -0.555. The summed E-state index contributed by atoms with van der Waals surface area (Å²) in [6, 6.07) is 4.04. The molecule has 0 aliphatic carbocycles. The van der Waals surface area contributed by atoms with Crippen molar-refractivity contribution < 1.29 is 9.72 Å². The van der Waals surface area contributed by atoms with Crippen molar-refractivity contribution in [2.75, 3.05) is 12.3 Å². The first-order chi connectivity index (χ1) is 9.23. The number of nitrogens with two attached hydrogens (primary N) is 1. The molecule has 110 valence electrons. The number of carbonyl (C=O) groups excluding carboxylic acids is 1. The average molecular weight is 279 g/mol. The summed E-state index contributed by atoms with van der Waals surface area (Å²) in [7, 11) is 0. The van der Waals surface area contributed by atoms with Gasteiger partial charge in [0.1, 0.15) is 5.56 Å². The molecule has 1 aromatic carbocycles. The van der Waals surface area contributed by atoms with Crippen molar-refractivity contribution in [3.8, 4) is 0 Å². The highest BCUT2D eigenvalue weighted by molar-refractivity contribution is 5.99. The lowest BCUT2D eigenvalue weighted by Crippen LogP contribution is -2.39. The summed E-state index contributed by atoms with van der Waals surface area (Å²) in [5.41, 5.74) is 5.83. The molecule has 0 unspecified atom stereocenters. The van der Waals surface area contributed by atoms with E-state index in [9.17, 15) is 14.9 Å². The second-order valence-electron chi connectivity index (χ2n) is 5.48. The molecule has 0 radical (unpaired) electrons.